The Morgan fingerprint density at radius 1 is 0.818 bits per heavy atom. The zero-order valence-electron chi connectivity index (χ0n) is 11.5. The molecule has 0 unspecified atom stereocenters. The molecule has 0 saturated carbocycles. The molecule has 106 valence electrons. The zero-order valence-corrected chi connectivity index (χ0v) is 13.1. The topological polar surface area (TPSA) is 38.9 Å². The summed E-state index contributed by atoms with van der Waals surface area (Å²) < 4.78 is 6.42. The molecule has 2 aromatic carbocycles. The second-order valence-electron chi connectivity index (χ2n) is 4.95. The molecule has 22 heavy (non-hydrogen) atoms. The van der Waals surface area contributed by atoms with Crippen molar-refractivity contribution in [1.82, 2.24) is 10.1 Å². The van der Waals surface area contributed by atoms with Crippen LogP contribution in [0.3, 0.4) is 0 Å². The molecule has 0 saturated heterocycles. The number of rotatable bonds is 2. The molecule has 3 nitrogen and oxygen atoms in total. The first-order valence-electron chi connectivity index (χ1n) is 6.89. The van der Waals surface area contributed by atoms with Crippen LogP contribution in [0.2, 0.25) is 0 Å². The summed E-state index contributed by atoms with van der Waals surface area (Å²) >= 11 is 3.54. The lowest BCUT2D eigenvalue weighted by molar-refractivity contribution is 0.434. The molecule has 0 amide bonds. The summed E-state index contributed by atoms with van der Waals surface area (Å²) in [4.78, 5) is 4.68. The Hall–Kier alpha value is -2.46. The van der Waals surface area contributed by atoms with Crippen molar-refractivity contribution < 1.29 is 4.52 Å². The molecular weight excluding hydrogens is 340 g/mol. The lowest BCUT2D eigenvalue weighted by atomic mass is 10.1. The van der Waals surface area contributed by atoms with Crippen LogP contribution in [0.4, 0.5) is 0 Å². The molecular formula is C18H11BrN2O. The lowest BCUT2D eigenvalue weighted by Gasteiger charge is -2.01. The normalized spacial score (nSPS) is 11.0. The molecule has 0 radical (unpaired) electrons. The number of para-hydroxylation sites is 1. The minimum absolute atomic E-state index is 0.733. The van der Waals surface area contributed by atoms with E-state index >= 15 is 0 Å². The first kappa shape index (κ1) is 13.2. The Labute approximate surface area is 135 Å². The summed E-state index contributed by atoms with van der Waals surface area (Å²) in [5.74, 6) is 0.740. The average molecular weight is 351 g/mol. The first-order chi connectivity index (χ1) is 10.8. The third-order valence-corrected chi connectivity index (χ3v) is 4.14. The van der Waals surface area contributed by atoms with Crippen LogP contribution in [0.5, 0.6) is 0 Å². The number of benzene rings is 2. The van der Waals surface area contributed by atoms with E-state index in [1.165, 1.54) is 0 Å². The number of aromatic nitrogens is 2. The third-order valence-electron chi connectivity index (χ3n) is 3.50. The minimum atomic E-state index is 0.733. The van der Waals surface area contributed by atoms with Crippen molar-refractivity contribution >= 4 is 26.8 Å². The van der Waals surface area contributed by atoms with Crippen molar-refractivity contribution in [2.45, 2.75) is 0 Å². The Morgan fingerprint density at radius 3 is 2.55 bits per heavy atom. The molecule has 0 aliphatic rings. The Morgan fingerprint density at radius 2 is 1.68 bits per heavy atom. The number of halogens is 1. The van der Waals surface area contributed by atoms with Crippen molar-refractivity contribution in [2.24, 2.45) is 0 Å². The summed E-state index contributed by atoms with van der Waals surface area (Å²) in [7, 11) is 0. The number of hydrogen-bond donors (Lipinski definition) is 0. The van der Waals surface area contributed by atoms with Gasteiger partial charge in [0.25, 0.3) is 0 Å². The van der Waals surface area contributed by atoms with E-state index in [0.29, 0.717) is 0 Å². The molecule has 0 atom stereocenters. The summed E-state index contributed by atoms with van der Waals surface area (Å²) in [6, 6.07) is 21.9. The predicted octanol–water partition coefficient (Wildman–Crippen LogP) is 5.32. The second-order valence-corrected chi connectivity index (χ2v) is 5.80. The number of hydrogen-bond acceptors (Lipinski definition) is 3. The van der Waals surface area contributed by atoms with Crippen LogP contribution in [0.1, 0.15) is 0 Å². The summed E-state index contributed by atoms with van der Waals surface area (Å²) in [5, 5.41) is 5.23. The summed E-state index contributed by atoms with van der Waals surface area (Å²) in [6.45, 7) is 0. The Kier molecular flexibility index (Phi) is 3.24. The molecule has 4 aromatic rings. The third kappa shape index (κ3) is 2.31. The van der Waals surface area contributed by atoms with Gasteiger partial charge in [-0.25, -0.2) is 4.98 Å². The van der Waals surface area contributed by atoms with E-state index in [9.17, 15) is 0 Å². The van der Waals surface area contributed by atoms with E-state index in [-0.39, 0.29) is 0 Å². The van der Waals surface area contributed by atoms with Crippen LogP contribution in [-0.2, 0) is 0 Å². The maximum absolute atomic E-state index is 5.45. The fourth-order valence-electron chi connectivity index (χ4n) is 2.39. The summed E-state index contributed by atoms with van der Waals surface area (Å²) in [6.07, 6.45) is 0. The number of pyridine rings is 1. The van der Waals surface area contributed by atoms with Gasteiger partial charge in [0.15, 0.2) is 5.76 Å². The van der Waals surface area contributed by atoms with E-state index in [0.717, 1.165) is 38.1 Å². The van der Waals surface area contributed by atoms with E-state index in [1.54, 1.807) is 0 Å². The van der Waals surface area contributed by atoms with Gasteiger partial charge in [-0.1, -0.05) is 53.7 Å². The van der Waals surface area contributed by atoms with Gasteiger partial charge in [0.2, 0.25) is 0 Å². The van der Waals surface area contributed by atoms with Gasteiger partial charge in [-0.05, 0) is 28.1 Å². The standard InChI is InChI=1S/C18H11BrN2O/c19-14-8-4-7-13-9-10-15(20-18(13)14)16-11-17(22-21-16)12-5-2-1-3-6-12/h1-11H. The smallest absolute Gasteiger partial charge is 0.167 e. The van der Waals surface area contributed by atoms with Crippen molar-refractivity contribution in [3.8, 4) is 22.7 Å². The zero-order chi connectivity index (χ0) is 14.9. The highest BCUT2D eigenvalue weighted by molar-refractivity contribution is 9.10. The maximum atomic E-state index is 5.45. The van der Waals surface area contributed by atoms with Crippen molar-refractivity contribution in [2.75, 3.05) is 0 Å². The van der Waals surface area contributed by atoms with Crippen LogP contribution in [0.15, 0.2) is 75.7 Å². The summed E-state index contributed by atoms with van der Waals surface area (Å²) in [5.41, 5.74) is 3.45. The molecule has 2 heterocycles. The second kappa shape index (κ2) is 5.39. The van der Waals surface area contributed by atoms with Crippen LogP contribution in [0, 0.1) is 0 Å². The first-order valence-corrected chi connectivity index (χ1v) is 7.68. The van der Waals surface area contributed by atoms with Gasteiger partial charge >= 0.3 is 0 Å². The predicted molar refractivity (Wildman–Crippen MR) is 90.4 cm³/mol. The van der Waals surface area contributed by atoms with Gasteiger partial charge in [0.05, 0.1) is 11.2 Å². The van der Waals surface area contributed by atoms with Crippen LogP contribution >= 0.6 is 15.9 Å². The highest BCUT2D eigenvalue weighted by Gasteiger charge is 2.10. The van der Waals surface area contributed by atoms with Crippen molar-refractivity contribution in [1.29, 1.82) is 0 Å². The minimum Gasteiger partial charge on any atom is -0.356 e. The number of fused-ring (bicyclic) bond motifs is 1. The van der Waals surface area contributed by atoms with Crippen LogP contribution in [-0.4, -0.2) is 10.1 Å². The Bertz CT molecular complexity index is 948. The average Bonchev–Trinajstić information content (AvgIpc) is 3.06. The molecule has 0 bridgehead atoms. The fourth-order valence-corrected chi connectivity index (χ4v) is 2.86. The molecule has 0 aliphatic heterocycles. The molecule has 0 fully saturated rings. The van der Waals surface area contributed by atoms with E-state index in [4.69, 9.17) is 4.52 Å². The van der Waals surface area contributed by atoms with Gasteiger partial charge in [-0.2, -0.15) is 0 Å². The SMILES string of the molecule is Brc1cccc2ccc(-c3cc(-c4ccccc4)on3)nc12. The van der Waals surface area contributed by atoms with Crippen molar-refractivity contribution in [3.63, 3.8) is 0 Å². The van der Waals surface area contributed by atoms with Gasteiger partial charge in [0.1, 0.15) is 5.69 Å². The molecule has 4 heteroatoms. The monoisotopic (exact) mass is 350 g/mol. The largest absolute Gasteiger partial charge is 0.356 e. The quantitative estimate of drug-likeness (QED) is 0.491. The fraction of sp³-hybridized carbons (Fsp3) is 0. The van der Waals surface area contributed by atoms with Gasteiger partial charge in [-0.15, -0.1) is 0 Å². The van der Waals surface area contributed by atoms with Gasteiger partial charge < -0.3 is 4.52 Å². The highest BCUT2D eigenvalue weighted by atomic mass is 79.9. The molecule has 0 spiro atoms. The van der Waals surface area contributed by atoms with Crippen LogP contribution in [0.25, 0.3) is 33.6 Å². The van der Waals surface area contributed by atoms with E-state index in [2.05, 4.69) is 26.1 Å². The molecule has 0 aliphatic carbocycles. The van der Waals surface area contributed by atoms with Crippen LogP contribution < -0.4 is 0 Å². The highest BCUT2D eigenvalue weighted by Crippen LogP contribution is 2.28. The molecule has 2 aromatic heterocycles. The lowest BCUT2D eigenvalue weighted by Crippen LogP contribution is -1.86. The van der Waals surface area contributed by atoms with Gasteiger partial charge in [-0.3, -0.25) is 0 Å². The van der Waals surface area contributed by atoms with E-state index < -0.39 is 0 Å². The Balaban J connectivity index is 1.79. The molecule has 4 rings (SSSR count). The van der Waals surface area contributed by atoms with E-state index in [1.807, 2.05) is 66.7 Å². The van der Waals surface area contributed by atoms with Gasteiger partial charge in [0, 0.05) is 21.5 Å². The maximum Gasteiger partial charge on any atom is 0.167 e. The number of nitrogens with zero attached hydrogens (tertiary/aromatic N) is 2. The molecule has 0 N–H and O–H groups in total. The van der Waals surface area contributed by atoms with Crippen molar-refractivity contribution in [3.05, 3.63) is 71.2 Å².